The minimum atomic E-state index is -1.24. The third kappa shape index (κ3) is 2.13. The van der Waals surface area contributed by atoms with E-state index in [2.05, 4.69) is 0 Å². The lowest BCUT2D eigenvalue weighted by molar-refractivity contribution is -0.443. The van der Waals surface area contributed by atoms with Crippen LogP contribution in [0, 0.1) is 0 Å². The summed E-state index contributed by atoms with van der Waals surface area (Å²) in [6, 6.07) is 17.2. The molecule has 0 radical (unpaired) electrons. The van der Waals surface area contributed by atoms with E-state index < -0.39 is 12.1 Å². The first-order chi connectivity index (χ1) is 9.79. The van der Waals surface area contributed by atoms with E-state index in [1.807, 2.05) is 54.6 Å². The molecular weight excluding hydrogens is 256 g/mol. The first-order valence-electron chi connectivity index (χ1n) is 6.45. The zero-order valence-electron chi connectivity index (χ0n) is 11.2. The molecule has 2 aromatic rings. The Morgan fingerprint density at radius 1 is 1.10 bits per heavy atom. The van der Waals surface area contributed by atoms with Crippen LogP contribution in [0.4, 0.5) is 0 Å². The molecular formula is C16H16O4. The summed E-state index contributed by atoms with van der Waals surface area (Å²) < 4.78 is 11.3. The molecule has 1 aliphatic heterocycles. The summed E-state index contributed by atoms with van der Waals surface area (Å²) in [4.78, 5) is 4.75. The van der Waals surface area contributed by atoms with Crippen molar-refractivity contribution in [1.82, 2.24) is 0 Å². The van der Waals surface area contributed by atoms with Gasteiger partial charge in [-0.15, -0.1) is 0 Å². The second-order valence-corrected chi connectivity index (χ2v) is 4.77. The second-order valence-electron chi connectivity index (χ2n) is 4.77. The molecule has 0 spiro atoms. The number of rotatable bonds is 3. The lowest BCUT2D eigenvalue weighted by atomic mass is 9.91. The van der Waals surface area contributed by atoms with E-state index in [-0.39, 0.29) is 0 Å². The maximum Gasteiger partial charge on any atom is 0.234 e. The van der Waals surface area contributed by atoms with Crippen LogP contribution in [-0.4, -0.2) is 12.4 Å². The van der Waals surface area contributed by atoms with Gasteiger partial charge in [0.05, 0.1) is 0 Å². The Morgan fingerprint density at radius 2 is 1.80 bits per heavy atom. The highest BCUT2D eigenvalue weighted by Crippen LogP contribution is 2.42. The van der Waals surface area contributed by atoms with Crippen LogP contribution in [0.5, 0.6) is 0 Å². The lowest BCUT2D eigenvalue weighted by Crippen LogP contribution is -2.40. The van der Waals surface area contributed by atoms with Gasteiger partial charge >= 0.3 is 0 Å². The summed E-state index contributed by atoms with van der Waals surface area (Å²) in [6.07, 6.45) is -0.156. The zero-order chi connectivity index (χ0) is 14.0. The van der Waals surface area contributed by atoms with Gasteiger partial charge in [-0.05, 0) is 5.56 Å². The number of hydrogen-bond donors (Lipinski definition) is 1. The standard InChI is InChI=1S/C16H16O4/c1-18-15-14-10-6-5-7-12(14)11-16(19-15,20-17)13-8-3-2-4-9-13/h2-10,15,17H,11H2,1H3. The van der Waals surface area contributed by atoms with Gasteiger partial charge in [-0.3, -0.25) is 0 Å². The molecule has 0 aliphatic carbocycles. The number of methoxy groups -OCH3 is 1. The van der Waals surface area contributed by atoms with Crippen LogP contribution >= 0.6 is 0 Å². The van der Waals surface area contributed by atoms with Crippen molar-refractivity contribution in [3.63, 3.8) is 0 Å². The first kappa shape index (κ1) is 13.3. The Labute approximate surface area is 117 Å². The third-order valence-electron chi connectivity index (χ3n) is 3.60. The third-order valence-corrected chi connectivity index (χ3v) is 3.60. The average Bonchev–Trinajstić information content (AvgIpc) is 2.54. The lowest BCUT2D eigenvalue weighted by Gasteiger charge is -2.39. The fourth-order valence-corrected chi connectivity index (χ4v) is 2.60. The molecule has 2 unspecified atom stereocenters. The van der Waals surface area contributed by atoms with Crippen molar-refractivity contribution in [3.8, 4) is 0 Å². The molecule has 2 atom stereocenters. The Balaban J connectivity index is 2.07. The largest absolute Gasteiger partial charge is 0.352 e. The van der Waals surface area contributed by atoms with Crippen molar-refractivity contribution in [2.75, 3.05) is 7.11 Å². The summed E-state index contributed by atoms with van der Waals surface area (Å²) in [7, 11) is 1.57. The number of benzene rings is 2. The molecule has 1 aliphatic rings. The van der Waals surface area contributed by atoms with Crippen molar-refractivity contribution in [2.24, 2.45) is 0 Å². The molecule has 0 aromatic heterocycles. The smallest absolute Gasteiger partial charge is 0.234 e. The predicted molar refractivity (Wildman–Crippen MR) is 72.8 cm³/mol. The van der Waals surface area contributed by atoms with E-state index in [1.54, 1.807) is 7.11 Å². The fourth-order valence-electron chi connectivity index (χ4n) is 2.60. The molecule has 0 bridgehead atoms. The number of ether oxygens (including phenoxy) is 2. The van der Waals surface area contributed by atoms with Crippen molar-refractivity contribution >= 4 is 0 Å². The molecule has 3 rings (SSSR count). The van der Waals surface area contributed by atoms with Crippen molar-refractivity contribution in [3.05, 3.63) is 71.3 Å². The van der Waals surface area contributed by atoms with E-state index in [0.717, 1.165) is 16.7 Å². The van der Waals surface area contributed by atoms with Crippen LogP contribution in [0.25, 0.3) is 0 Å². The Morgan fingerprint density at radius 3 is 2.50 bits per heavy atom. The predicted octanol–water partition coefficient (Wildman–Crippen LogP) is 3.25. The highest BCUT2D eigenvalue weighted by molar-refractivity contribution is 5.34. The summed E-state index contributed by atoms with van der Waals surface area (Å²) in [6.45, 7) is 0. The van der Waals surface area contributed by atoms with Gasteiger partial charge in [0, 0.05) is 24.7 Å². The van der Waals surface area contributed by atoms with Gasteiger partial charge in [-0.25, -0.2) is 5.26 Å². The zero-order valence-corrected chi connectivity index (χ0v) is 11.2. The van der Waals surface area contributed by atoms with Crippen LogP contribution in [0.15, 0.2) is 54.6 Å². The summed E-state index contributed by atoms with van der Waals surface area (Å²) >= 11 is 0. The number of hydrogen-bond acceptors (Lipinski definition) is 4. The Kier molecular flexibility index (Phi) is 3.54. The minimum Gasteiger partial charge on any atom is -0.352 e. The second kappa shape index (κ2) is 5.34. The van der Waals surface area contributed by atoms with E-state index in [4.69, 9.17) is 14.4 Å². The monoisotopic (exact) mass is 272 g/mol. The maximum absolute atomic E-state index is 9.45. The highest BCUT2D eigenvalue weighted by Gasteiger charge is 2.43. The average molecular weight is 272 g/mol. The first-order valence-corrected chi connectivity index (χ1v) is 6.45. The molecule has 0 fully saturated rings. The van der Waals surface area contributed by atoms with Crippen LogP contribution in [0.2, 0.25) is 0 Å². The van der Waals surface area contributed by atoms with E-state index in [0.29, 0.717) is 6.42 Å². The topological polar surface area (TPSA) is 47.9 Å². The van der Waals surface area contributed by atoms with Crippen molar-refractivity contribution in [2.45, 2.75) is 18.5 Å². The maximum atomic E-state index is 9.45. The normalized spacial score (nSPS) is 25.2. The molecule has 4 heteroatoms. The highest BCUT2D eigenvalue weighted by atomic mass is 17.1. The van der Waals surface area contributed by atoms with Crippen LogP contribution in [0.1, 0.15) is 23.0 Å². The van der Waals surface area contributed by atoms with Crippen LogP contribution < -0.4 is 0 Å². The van der Waals surface area contributed by atoms with Gasteiger partial charge < -0.3 is 9.47 Å². The van der Waals surface area contributed by atoms with Crippen molar-refractivity contribution < 1.29 is 19.6 Å². The molecule has 2 aromatic carbocycles. The van der Waals surface area contributed by atoms with Gasteiger partial charge in [0.2, 0.25) is 5.79 Å². The Hall–Kier alpha value is -1.72. The molecule has 0 saturated heterocycles. The molecule has 0 saturated carbocycles. The summed E-state index contributed by atoms with van der Waals surface area (Å²) in [5, 5.41) is 9.45. The number of fused-ring (bicyclic) bond motifs is 1. The van der Waals surface area contributed by atoms with Gasteiger partial charge in [0.1, 0.15) is 0 Å². The van der Waals surface area contributed by atoms with Gasteiger partial charge in [0.15, 0.2) is 6.29 Å². The minimum absolute atomic E-state index is 0.420. The van der Waals surface area contributed by atoms with E-state index in [9.17, 15) is 5.26 Å². The van der Waals surface area contributed by atoms with Gasteiger partial charge in [-0.2, -0.15) is 4.89 Å². The molecule has 0 amide bonds. The summed E-state index contributed by atoms with van der Waals surface area (Å²) in [5.41, 5.74) is 2.74. The van der Waals surface area contributed by atoms with Crippen LogP contribution in [-0.2, 0) is 26.6 Å². The van der Waals surface area contributed by atoms with E-state index >= 15 is 0 Å². The van der Waals surface area contributed by atoms with Crippen LogP contribution in [0.3, 0.4) is 0 Å². The molecule has 20 heavy (non-hydrogen) atoms. The van der Waals surface area contributed by atoms with Crippen molar-refractivity contribution in [1.29, 1.82) is 0 Å². The molecule has 1 heterocycles. The summed E-state index contributed by atoms with van der Waals surface area (Å²) in [5.74, 6) is -1.24. The Bertz CT molecular complexity index is 584. The molecule has 104 valence electrons. The molecule has 1 N–H and O–H groups in total. The van der Waals surface area contributed by atoms with E-state index in [1.165, 1.54) is 0 Å². The fraction of sp³-hybridized carbons (Fsp3) is 0.250. The SMILES string of the molecule is COC1OC(OO)(c2ccccc2)Cc2ccccc21. The van der Waals surface area contributed by atoms with Gasteiger partial charge in [0.25, 0.3) is 0 Å². The van der Waals surface area contributed by atoms with Gasteiger partial charge in [-0.1, -0.05) is 54.6 Å². The molecule has 4 nitrogen and oxygen atoms in total. The quantitative estimate of drug-likeness (QED) is 0.688.